The highest BCUT2D eigenvalue weighted by Crippen LogP contribution is 2.20. The van der Waals surface area contributed by atoms with Crippen molar-refractivity contribution in [1.82, 2.24) is 0 Å². The van der Waals surface area contributed by atoms with Crippen molar-refractivity contribution < 1.29 is 14.3 Å². The summed E-state index contributed by atoms with van der Waals surface area (Å²) in [6.45, 7) is 3.41. The molecule has 0 amide bonds. The number of benzene rings is 1. The summed E-state index contributed by atoms with van der Waals surface area (Å²) in [5, 5.41) is 9.69. The largest absolute Gasteiger partial charge is 0.385 e. The summed E-state index contributed by atoms with van der Waals surface area (Å²) in [6, 6.07) is 3.51. The third-order valence-electron chi connectivity index (χ3n) is 2.09. The number of hydrogen-bond acceptors (Lipinski definition) is 2. The van der Waals surface area contributed by atoms with Gasteiger partial charge in [-0.1, -0.05) is 25.4 Å². The van der Waals surface area contributed by atoms with Gasteiger partial charge >= 0.3 is 0 Å². The summed E-state index contributed by atoms with van der Waals surface area (Å²) in [5.74, 6) is -1.31. The molecule has 15 heavy (non-hydrogen) atoms. The Kier molecular flexibility index (Phi) is 3.83. The topological polar surface area (TPSA) is 37.3 Å². The molecular formula is C11H12ClFO2. The zero-order chi connectivity index (χ0) is 11.6. The number of aliphatic hydroxyl groups excluding tert-OH is 1. The SMILES string of the molecule is CC(C)C(O)C(=O)c1cc(F)ccc1Cl. The summed E-state index contributed by atoms with van der Waals surface area (Å²) in [4.78, 5) is 11.7. The molecule has 1 atom stereocenters. The molecule has 1 aromatic rings. The van der Waals surface area contributed by atoms with E-state index in [0.717, 1.165) is 6.07 Å². The monoisotopic (exact) mass is 230 g/mol. The Labute approximate surface area is 92.7 Å². The molecule has 0 fully saturated rings. The minimum atomic E-state index is -1.15. The number of ketones is 1. The van der Waals surface area contributed by atoms with Crippen LogP contribution in [0.3, 0.4) is 0 Å². The number of aliphatic hydroxyl groups is 1. The summed E-state index contributed by atoms with van der Waals surface area (Å²) >= 11 is 5.74. The maximum absolute atomic E-state index is 12.9. The first-order valence-corrected chi connectivity index (χ1v) is 4.98. The molecule has 1 unspecified atom stereocenters. The first-order chi connectivity index (χ1) is 6.93. The Morgan fingerprint density at radius 1 is 1.47 bits per heavy atom. The molecule has 4 heteroatoms. The second-order valence-corrected chi connectivity index (χ2v) is 4.08. The Bertz CT molecular complexity index is 377. The number of carbonyl (C=O) groups excluding carboxylic acids is 1. The summed E-state index contributed by atoms with van der Waals surface area (Å²) in [6.07, 6.45) is -1.15. The van der Waals surface area contributed by atoms with Gasteiger partial charge in [-0.3, -0.25) is 4.79 Å². The average molecular weight is 231 g/mol. The van der Waals surface area contributed by atoms with Crippen molar-refractivity contribution in [2.45, 2.75) is 20.0 Å². The molecule has 0 aliphatic heterocycles. The molecule has 0 saturated carbocycles. The maximum atomic E-state index is 12.9. The van der Waals surface area contributed by atoms with Gasteiger partial charge in [0.15, 0.2) is 5.78 Å². The minimum Gasteiger partial charge on any atom is -0.385 e. The number of Topliss-reactive ketones (excluding diaryl/α,β-unsaturated/α-hetero) is 1. The van der Waals surface area contributed by atoms with Crippen molar-refractivity contribution >= 4 is 17.4 Å². The van der Waals surface area contributed by atoms with Crippen LogP contribution in [0.2, 0.25) is 5.02 Å². The molecule has 0 aliphatic rings. The quantitative estimate of drug-likeness (QED) is 0.811. The molecule has 82 valence electrons. The summed E-state index contributed by atoms with van der Waals surface area (Å²) in [7, 11) is 0. The lowest BCUT2D eigenvalue weighted by molar-refractivity contribution is 0.0647. The molecule has 1 N–H and O–H groups in total. The fraction of sp³-hybridized carbons (Fsp3) is 0.364. The maximum Gasteiger partial charge on any atom is 0.193 e. The van der Waals surface area contributed by atoms with Crippen LogP contribution in [-0.4, -0.2) is 17.0 Å². The van der Waals surface area contributed by atoms with E-state index in [1.807, 2.05) is 0 Å². The highest BCUT2D eigenvalue weighted by Gasteiger charge is 2.22. The molecule has 0 heterocycles. The first kappa shape index (κ1) is 12.1. The Morgan fingerprint density at radius 2 is 2.07 bits per heavy atom. The van der Waals surface area contributed by atoms with Crippen LogP contribution in [0.25, 0.3) is 0 Å². The standard InChI is InChI=1S/C11H12ClFO2/c1-6(2)10(14)11(15)8-5-7(13)3-4-9(8)12/h3-6,10,14H,1-2H3. The fourth-order valence-corrected chi connectivity index (χ4v) is 1.36. The summed E-state index contributed by atoms with van der Waals surface area (Å²) < 4.78 is 12.9. The molecule has 1 rings (SSSR count). The number of halogens is 2. The Morgan fingerprint density at radius 3 is 2.60 bits per heavy atom. The Balaban J connectivity index is 3.05. The van der Waals surface area contributed by atoms with E-state index in [4.69, 9.17) is 11.6 Å². The lowest BCUT2D eigenvalue weighted by atomic mass is 9.98. The molecule has 0 spiro atoms. The zero-order valence-electron chi connectivity index (χ0n) is 8.50. The molecule has 0 aliphatic carbocycles. The lowest BCUT2D eigenvalue weighted by Gasteiger charge is -2.13. The van der Waals surface area contributed by atoms with Gasteiger partial charge in [-0.25, -0.2) is 4.39 Å². The minimum absolute atomic E-state index is 0.0258. The molecule has 2 nitrogen and oxygen atoms in total. The third kappa shape index (κ3) is 2.76. The van der Waals surface area contributed by atoms with Gasteiger partial charge in [0.25, 0.3) is 0 Å². The van der Waals surface area contributed by atoms with Crippen molar-refractivity contribution in [3.8, 4) is 0 Å². The molecule has 0 saturated heterocycles. The third-order valence-corrected chi connectivity index (χ3v) is 2.42. The zero-order valence-corrected chi connectivity index (χ0v) is 9.25. The lowest BCUT2D eigenvalue weighted by Crippen LogP contribution is -2.26. The van der Waals surface area contributed by atoms with Gasteiger partial charge in [-0.15, -0.1) is 0 Å². The van der Waals surface area contributed by atoms with Crippen LogP contribution in [0.5, 0.6) is 0 Å². The average Bonchev–Trinajstić information content (AvgIpc) is 2.19. The molecule has 1 aromatic carbocycles. The number of rotatable bonds is 3. The molecule has 0 radical (unpaired) electrons. The first-order valence-electron chi connectivity index (χ1n) is 4.61. The van der Waals surface area contributed by atoms with Gasteiger partial charge in [-0.05, 0) is 24.1 Å². The van der Waals surface area contributed by atoms with Crippen LogP contribution < -0.4 is 0 Å². The van der Waals surface area contributed by atoms with Crippen LogP contribution in [-0.2, 0) is 0 Å². The predicted molar refractivity (Wildman–Crippen MR) is 56.6 cm³/mol. The Hall–Kier alpha value is -0.930. The fourth-order valence-electron chi connectivity index (χ4n) is 1.15. The van der Waals surface area contributed by atoms with E-state index in [1.54, 1.807) is 13.8 Å². The van der Waals surface area contributed by atoms with Crippen LogP contribution in [0.1, 0.15) is 24.2 Å². The van der Waals surface area contributed by atoms with Gasteiger partial charge in [0.2, 0.25) is 0 Å². The van der Waals surface area contributed by atoms with Gasteiger partial charge < -0.3 is 5.11 Å². The van der Waals surface area contributed by atoms with Crippen LogP contribution >= 0.6 is 11.6 Å². The smallest absolute Gasteiger partial charge is 0.193 e. The van der Waals surface area contributed by atoms with Crippen molar-refractivity contribution in [1.29, 1.82) is 0 Å². The number of hydrogen-bond donors (Lipinski definition) is 1. The normalized spacial score (nSPS) is 12.9. The van der Waals surface area contributed by atoms with Gasteiger partial charge in [0, 0.05) is 5.56 Å². The van der Waals surface area contributed by atoms with E-state index in [0.29, 0.717) is 0 Å². The number of carbonyl (C=O) groups is 1. The van der Waals surface area contributed by atoms with Gasteiger partial charge in [0.1, 0.15) is 11.9 Å². The van der Waals surface area contributed by atoms with E-state index >= 15 is 0 Å². The molecule has 0 bridgehead atoms. The highest BCUT2D eigenvalue weighted by atomic mass is 35.5. The summed E-state index contributed by atoms with van der Waals surface area (Å²) in [5.41, 5.74) is 0.0258. The highest BCUT2D eigenvalue weighted by molar-refractivity contribution is 6.34. The van der Waals surface area contributed by atoms with Crippen LogP contribution in [0.15, 0.2) is 18.2 Å². The van der Waals surface area contributed by atoms with E-state index in [-0.39, 0.29) is 16.5 Å². The van der Waals surface area contributed by atoms with Crippen molar-refractivity contribution in [3.05, 3.63) is 34.6 Å². The van der Waals surface area contributed by atoms with Crippen molar-refractivity contribution in [2.24, 2.45) is 5.92 Å². The van der Waals surface area contributed by atoms with E-state index in [9.17, 15) is 14.3 Å². The molecular weight excluding hydrogens is 219 g/mol. The second-order valence-electron chi connectivity index (χ2n) is 3.68. The van der Waals surface area contributed by atoms with Crippen LogP contribution in [0.4, 0.5) is 4.39 Å². The second kappa shape index (κ2) is 4.73. The van der Waals surface area contributed by atoms with E-state index < -0.39 is 17.7 Å². The van der Waals surface area contributed by atoms with Gasteiger partial charge in [-0.2, -0.15) is 0 Å². The van der Waals surface area contributed by atoms with E-state index in [1.165, 1.54) is 12.1 Å². The predicted octanol–water partition coefficient (Wildman–Crippen LogP) is 2.68. The molecule has 0 aromatic heterocycles. The van der Waals surface area contributed by atoms with Crippen LogP contribution in [0, 0.1) is 11.7 Å². The van der Waals surface area contributed by atoms with Crippen molar-refractivity contribution in [2.75, 3.05) is 0 Å². The van der Waals surface area contributed by atoms with Crippen molar-refractivity contribution in [3.63, 3.8) is 0 Å². The van der Waals surface area contributed by atoms with Gasteiger partial charge in [0.05, 0.1) is 5.02 Å². The van der Waals surface area contributed by atoms with E-state index in [2.05, 4.69) is 0 Å².